The van der Waals surface area contributed by atoms with E-state index in [-0.39, 0.29) is 19.9 Å². The average molecular weight is 380 g/mol. The predicted molar refractivity (Wildman–Crippen MR) is 87.3 cm³/mol. The van der Waals surface area contributed by atoms with Crippen molar-refractivity contribution in [3.05, 3.63) is 45.8 Å². The van der Waals surface area contributed by atoms with E-state index in [9.17, 15) is 13.2 Å². The van der Waals surface area contributed by atoms with Gasteiger partial charge in [-0.3, -0.25) is 9.10 Å². The molecule has 1 heterocycles. The van der Waals surface area contributed by atoms with Crippen molar-refractivity contribution < 1.29 is 17.9 Å². The summed E-state index contributed by atoms with van der Waals surface area (Å²) in [6.45, 7) is -0.464. The third-order valence-corrected chi connectivity index (χ3v) is 6.62. The lowest BCUT2D eigenvalue weighted by atomic mass is 10.3. The first-order chi connectivity index (χ1) is 10.4. The van der Waals surface area contributed by atoms with Crippen molar-refractivity contribution in [1.82, 2.24) is 0 Å². The highest BCUT2D eigenvalue weighted by Gasteiger charge is 2.28. The zero-order chi connectivity index (χ0) is 16.3. The summed E-state index contributed by atoms with van der Waals surface area (Å²) < 4.78 is 31.0. The summed E-state index contributed by atoms with van der Waals surface area (Å²) in [5.74, 6) is -0.689. The van der Waals surface area contributed by atoms with Crippen LogP contribution >= 0.6 is 34.5 Å². The van der Waals surface area contributed by atoms with Crippen molar-refractivity contribution in [1.29, 1.82) is 0 Å². The number of benzene rings is 1. The summed E-state index contributed by atoms with van der Waals surface area (Å²) >= 11 is 12.8. The lowest BCUT2D eigenvalue weighted by Gasteiger charge is -2.22. The van der Waals surface area contributed by atoms with Crippen LogP contribution in [0.1, 0.15) is 0 Å². The number of nitrogens with zero attached hydrogens (tertiary/aromatic N) is 1. The van der Waals surface area contributed by atoms with Gasteiger partial charge in [-0.2, -0.15) is 0 Å². The number of carbonyl (C=O) groups excluding carboxylic acids is 1. The Morgan fingerprint density at radius 3 is 2.55 bits per heavy atom. The Bertz CT molecular complexity index is 775. The molecule has 1 aromatic carbocycles. The number of esters is 1. The molecule has 0 aliphatic heterocycles. The fourth-order valence-corrected chi connectivity index (χ4v) is 4.45. The quantitative estimate of drug-likeness (QED) is 0.746. The van der Waals surface area contributed by atoms with Crippen LogP contribution in [0.15, 0.2) is 39.9 Å². The largest absolute Gasteiger partial charge is 0.468 e. The van der Waals surface area contributed by atoms with Crippen molar-refractivity contribution in [2.75, 3.05) is 18.0 Å². The van der Waals surface area contributed by atoms with Crippen LogP contribution in [0.25, 0.3) is 0 Å². The molecule has 2 aromatic rings. The maximum Gasteiger partial charge on any atom is 0.326 e. The number of methoxy groups -OCH3 is 1. The Morgan fingerprint density at radius 2 is 2.00 bits per heavy atom. The van der Waals surface area contributed by atoms with E-state index in [4.69, 9.17) is 23.2 Å². The average Bonchev–Trinajstić information content (AvgIpc) is 3.02. The lowest BCUT2D eigenvalue weighted by molar-refractivity contribution is -0.138. The van der Waals surface area contributed by atoms with E-state index < -0.39 is 22.5 Å². The van der Waals surface area contributed by atoms with Gasteiger partial charge in [0.1, 0.15) is 10.8 Å². The van der Waals surface area contributed by atoms with Gasteiger partial charge in [0.2, 0.25) is 0 Å². The highest BCUT2D eigenvalue weighted by molar-refractivity contribution is 7.94. The van der Waals surface area contributed by atoms with Gasteiger partial charge in [-0.1, -0.05) is 29.3 Å². The van der Waals surface area contributed by atoms with Gasteiger partial charge in [0, 0.05) is 0 Å². The van der Waals surface area contributed by atoms with E-state index >= 15 is 0 Å². The molecule has 9 heteroatoms. The van der Waals surface area contributed by atoms with Crippen LogP contribution in [0.3, 0.4) is 0 Å². The molecule has 0 aliphatic rings. The molecule has 5 nitrogen and oxygen atoms in total. The van der Waals surface area contributed by atoms with Gasteiger partial charge in [-0.05, 0) is 29.6 Å². The molecule has 0 radical (unpaired) electrons. The van der Waals surface area contributed by atoms with Gasteiger partial charge in [-0.25, -0.2) is 8.42 Å². The molecule has 0 saturated heterocycles. The zero-order valence-electron chi connectivity index (χ0n) is 11.3. The Morgan fingerprint density at radius 1 is 1.27 bits per heavy atom. The summed E-state index contributed by atoms with van der Waals surface area (Å²) in [5, 5.41) is 2.12. The Balaban J connectivity index is 2.51. The number of anilines is 1. The number of thiophene rings is 1. The molecule has 22 heavy (non-hydrogen) atoms. The Kier molecular flexibility index (Phi) is 5.33. The first-order valence-electron chi connectivity index (χ1n) is 5.94. The van der Waals surface area contributed by atoms with Crippen molar-refractivity contribution in [2.24, 2.45) is 0 Å². The molecule has 2 rings (SSSR count). The van der Waals surface area contributed by atoms with Crippen molar-refractivity contribution in [2.45, 2.75) is 4.21 Å². The van der Waals surface area contributed by atoms with Crippen molar-refractivity contribution in [3.8, 4) is 0 Å². The molecule has 0 atom stereocenters. The summed E-state index contributed by atoms with van der Waals surface area (Å²) in [6.07, 6.45) is 0. The monoisotopic (exact) mass is 379 g/mol. The highest BCUT2D eigenvalue weighted by Crippen LogP contribution is 2.31. The predicted octanol–water partition coefficient (Wildman–Crippen LogP) is 3.42. The standard InChI is InChI=1S/C13H11Cl2NO4S2/c1-20-12(17)8-16(9-4-5-10(14)11(15)7-9)22(18,19)13-3-2-6-21-13/h2-7H,8H2,1H3. The summed E-state index contributed by atoms with van der Waals surface area (Å²) in [4.78, 5) is 11.6. The van der Waals surface area contributed by atoms with Gasteiger partial charge < -0.3 is 4.74 Å². The number of hydrogen-bond donors (Lipinski definition) is 0. The second-order valence-electron chi connectivity index (χ2n) is 4.12. The second kappa shape index (κ2) is 6.87. The van der Waals surface area contributed by atoms with Crippen LogP contribution in [0.5, 0.6) is 0 Å². The third-order valence-electron chi connectivity index (χ3n) is 2.73. The van der Waals surface area contributed by atoms with E-state index in [1.807, 2.05) is 0 Å². The number of ether oxygens (including phenoxy) is 1. The van der Waals surface area contributed by atoms with Gasteiger partial charge in [-0.15, -0.1) is 11.3 Å². The van der Waals surface area contributed by atoms with E-state index in [0.717, 1.165) is 15.6 Å². The highest BCUT2D eigenvalue weighted by atomic mass is 35.5. The van der Waals surface area contributed by atoms with Gasteiger partial charge in [0.05, 0.1) is 22.8 Å². The maximum atomic E-state index is 12.7. The molecular weight excluding hydrogens is 369 g/mol. The van der Waals surface area contributed by atoms with Crippen LogP contribution in [0.2, 0.25) is 10.0 Å². The van der Waals surface area contributed by atoms with Gasteiger partial charge in [0.25, 0.3) is 10.0 Å². The lowest BCUT2D eigenvalue weighted by Crippen LogP contribution is -2.35. The molecule has 1 aromatic heterocycles. The van der Waals surface area contributed by atoms with E-state index in [1.54, 1.807) is 11.4 Å². The van der Waals surface area contributed by atoms with Gasteiger partial charge in [0.15, 0.2) is 0 Å². The molecule has 0 N–H and O–H groups in total. The number of halogens is 2. The van der Waals surface area contributed by atoms with Crippen LogP contribution in [0, 0.1) is 0 Å². The SMILES string of the molecule is COC(=O)CN(c1ccc(Cl)c(Cl)c1)S(=O)(=O)c1cccs1. The van der Waals surface area contributed by atoms with Gasteiger partial charge >= 0.3 is 5.97 Å². The first kappa shape index (κ1) is 17.1. The third kappa shape index (κ3) is 3.55. The van der Waals surface area contributed by atoms with Crippen LogP contribution in [-0.4, -0.2) is 28.0 Å². The molecule has 0 bridgehead atoms. The summed E-state index contributed by atoms with van der Waals surface area (Å²) in [6, 6.07) is 7.40. The molecular formula is C13H11Cl2NO4S2. The number of carbonyl (C=O) groups is 1. The number of rotatable bonds is 5. The molecule has 118 valence electrons. The fraction of sp³-hybridized carbons (Fsp3) is 0.154. The fourth-order valence-electron chi connectivity index (χ4n) is 1.66. The minimum absolute atomic E-state index is 0.113. The first-order valence-corrected chi connectivity index (χ1v) is 9.02. The smallest absolute Gasteiger partial charge is 0.326 e. The molecule has 0 saturated carbocycles. The molecule has 0 amide bonds. The summed E-state index contributed by atoms with van der Waals surface area (Å²) in [5.41, 5.74) is 0.230. The molecule has 0 aliphatic carbocycles. The molecule has 0 fully saturated rings. The normalized spacial score (nSPS) is 11.2. The number of hydrogen-bond acceptors (Lipinski definition) is 5. The second-order valence-corrected chi connectivity index (χ2v) is 7.97. The van der Waals surface area contributed by atoms with Crippen LogP contribution in [0.4, 0.5) is 5.69 Å². The maximum absolute atomic E-state index is 12.7. The van der Waals surface area contributed by atoms with Crippen molar-refractivity contribution in [3.63, 3.8) is 0 Å². The Labute approximate surface area is 142 Å². The number of sulfonamides is 1. The summed E-state index contributed by atoms with van der Waals surface area (Å²) in [7, 11) is -2.71. The zero-order valence-corrected chi connectivity index (χ0v) is 14.5. The topological polar surface area (TPSA) is 63.7 Å². The van der Waals surface area contributed by atoms with E-state index in [1.165, 1.54) is 31.4 Å². The minimum atomic E-state index is -3.90. The minimum Gasteiger partial charge on any atom is -0.468 e. The van der Waals surface area contributed by atoms with E-state index in [0.29, 0.717) is 0 Å². The molecule has 0 spiro atoms. The van der Waals surface area contributed by atoms with Crippen molar-refractivity contribution >= 4 is 56.2 Å². The van der Waals surface area contributed by atoms with Crippen LogP contribution in [-0.2, 0) is 19.6 Å². The molecule has 0 unspecified atom stereocenters. The van der Waals surface area contributed by atoms with Crippen LogP contribution < -0.4 is 4.31 Å². The van der Waals surface area contributed by atoms with E-state index in [2.05, 4.69) is 4.74 Å². The Hall–Kier alpha value is -1.28.